The number of rotatable bonds is 4. The molecular formula is C18H16F3N3OS. The second kappa shape index (κ2) is 6.28. The fraction of sp³-hybridized carbons (Fsp3) is 0.333. The van der Waals surface area contributed by atoms with E-state index in [1.807, 2.05) is 11.5 Å². The Kier molecular flexibility index (Phi) is 4.19. The highest BCUT2D eigenvalue weighted by atomic mass is 32.2. The van der Waals surface area contributed by atoms with Crippen molar-refractivity contribution >= 4 is 22.2 Å². The summed E-state index contributed by atoms with van der Waals surface area (Å²) in [7, 11) is 0. The summed E-state index contributed by atoms with van der Waals surface area (Å²) in [5.41, 5.74) is 0.910. The van der Waals surface area contributed by atoms with Crippen LogP contribution in [0.4, 0.5) is 13.2 Å². The van der Waals surface area contributed by atoms with E-state index in [-0.39, 0.29) is 6.04 Å². The quantitative estimate of drug-likeness (QED) is 0.624. The normalized spacial score (nSPS) is 16.2. The van der Waals surface area contributed by atoms with Gasteiger partial charge in [0, 0.05) is 12.2 Å². The summed E-state index contributed by atoms with van der Waals surface area (Å²) in [6, 6.07) is 5.58. The maximum atomic E-state index is 13.0. The lowest BCUT2D eigenvalue weighted by atomic mass is 10.2. The van der Waals surface area contributed by atoms with Crippen LogP contribution in [-0.2, 0) is 17.4 Å². The summed E-state index contributed by atoms with van der Waals surface area (Å²) >= 11 is -1.24. The van der Waals surface area contributed by atoms with Crippen molar-refractivity contribution < 1.29 is 17.7 Å². The van der Waals surface area contributed by atoms with Crippen molar-refractivity contribution in [2.45, 2.75) is 36.9 Å². The molecule has 0 bridgehead atoms. The minimum atomic E-state index is -4.41. The van der Waals surface area contributed by atoms with Crippen LogP contribution in [0.25, 0.3) is 22.4 Å². The maximum Gasteiger partial charge on any atom is 0.416 e. The third-order valence-electron chi connectivity index (χ3n) is 4.46. The van der Waals surface area contributed by atoms with Gasteiger partial charge in [0.1, 0.15) is 11.6 Å². The van der Waals surface area contributed by atoms with Crippen LogP contribution in [0.5, 0.6) is 0 Å². The number of alkyl halides is 3. The molecule has 1 aromatic carbocycles. The highest BCUT2D eigenvalue weighted by molar-refractivity contribution is 7.91. The Labute approximate surface area is 151 Å². The number of imidazole rings is 1. The fourth-order valence-corrected chi connectivity index (χ4v) is 3.96. The predicted octanol–water partition coefficient (Wildman–Crippen LogP) is 4.58. The van der Waals surface area contributed by atoms with Crippen molar-refractivity contribution in [3.8, 4) is 11.4 Å². The van der Waals surface area contributed by atoms with Gasteiger partial charge in [-0.2, -0.15) is 13.2 Å². The molecule has 3 aromatic rings. The van der Waals surface area contributed by atoms with E-state index in [9.17, 15) is 17.7 Å². The first kappa shape index (κ1) is 17.4. The minimum absolute atomic E-state index is 0.211. The molecular weight excluding hydrogens is 363 g/mol. The molecule has 0 radical (unpaired) electrons. The number of nitrogens with zero attached hydrogens (tertiary/aromatic N) is 3. The molecule has 4 nitrogen and oxygen atoms in total. The summed E-state index contributed by atoms with van der Waals surface area (Å²) in [4.78, 5) is 9.11. The van der Waals surface area contributed by atoms with Crippen molar-refractivity contribution in [1.82, 2.24) is 14.5 Å². The minimum Gasteiger partial charge on any atom is -0.611 e. The molecule has 0 spiro atoms. The molecule has 2 aromatic heterocycles. The first-order chi connectivity index (χ1) is 12.4. The third-order valence-corrected chi connectivity index (χ3v) is 5.80. The van der Waals surface area contributed by atoms with Gasteiger partial charge in [0.25, 0.3) is 0 Å². The van der Waals surface area contributed by atoms with E-state index in [1.54, 1.807) is 18.5 Å². The van der Waals surface area contributed by atoms with E-state index >= 15 is 0 Å². The second-order valence-corrected chi connectivity index (χ2v) is 7.95. The van der Waals surface area contributed by atoms with Crippen molar-refractivity contribution in [3.05, 3.63) is 42.2 Å². The summed E-state index contributed by atoms with van der Waals surface area (Å²) in [5, 5.41) is 0. The van der Waals surface area contributed by atoms with E-state index in [4.69, 9.17) is 0 Å². The Hall–Kier alpha value is -2.06. The highest BCUT2D eigenvalue weighted by Crippen LogP contribution is 2.43. The number of hydrogen-bond acceptors (Lipinski definition) is 3. The molecule has 8 heteroatoms. The summed E-state index contributed by atoms with van der Waals surface area (Å²) in [6.45, 7) is 1.81. The third kappa shape index (κ3) is 2.97. The van der Waals surface area contributed by atoms with E-state index in [1.165, 1.54) is 6.07 Å². The Balaban J connectivity index is 1.95. The lowest BCUT2D eigenvalue weighted by molar-refractivity contribution is -0.137. The number of hydrogen-bond donors (Lipinski definition) is 0. The molecule has 136 valence electrons. The number of aromatic nitrogens is 3. The number of fused-ring (bicyclic) bond motifs is 1. The van der Waals surface area contributed by atoms with Crippen LogP contribution >= 0.6 is 0 Å². The van der Waals surface area contributed by atoms with Gasteiger partial charge in [0.15, 0.2) is 4.90 Å². The van der Waals surface area contributed by atoms with Gasteiger partial charge < -0.3 is 9.12 Å². The summed E-state index contributed by atoms with van der Waals surface area (Å²) in [5.74, 6) is 0.988. The summed E-state index contributed by atoms with van der Waals surface area (Å²) < 4.78 is 53.5. The molecule has 0 N–H and O–H groups in total. The molecule has 0 saturated heterocycles. The van der Waals surface area contributed by atoms with Gasteiger partial charge in [-0.3, -0.25) is 4.98 Å². The van der Waals surface area contributed by atoms with Crippen LogP contribution < -0.4 is 0 Å². The first-order valence-corrected chi connectivity index (χ1v) is 9.64. The first-order valence-electron chi connectivity index (χ1n) is 8.32. The number of pyridine rings is 1. The van der Waals surface area contributed by atoms with Gasteiger partial charge in [-0.15, -0.1) is 0 Å². The largest absolute Gasteiger partial charge is 0.611 e. The van der Waals surface area contributed by atoms with E-state index in [0.29, 0.717) is 33.1 Å². The zero-order valence-corrected chi connectivity index (χ0v) is 14.8. The lowest BCUT2D eigenvalue weighted by Gasteiger charge is -2.13. The van der Waals surface area contributed by atoms with Crippen LogP contribution in [-0.4, -0.2) is 24.8 Å². The van der Waals surface area contributed by atoms with Gasteiger partial charge in [0.05, 0.1) is 28.4 Å². The maximum absolute atomic E-state index is 13.0. The molecule has 0 aliphatic heterocycles. The molecule has 1 unspecified atom stereocenters. The van der Waals surface area contributed by atoms with Crippen LogP contribution in [0.1, 0.15) is 31.4 Å². The summed E-state index contributed by atoms with van der Waals surface area (Å²) in [6.07, 6.45) is 0.632. The molecule has 26 heavy (non-hydrogen) atoms. The van der Waals surface area contributed by atoms with Crippen LogP contribution in [0.3, 0.4) is 0 Å². The Morgan fingerprint density at radius 1 is 1.27 bits per heavy atom. The molecule has 2 heterocycles. The van der Waals surface area contributed by atoms with E-state index < -0.39 is 22.9 Å². The molecule has 0 amide bonds. The monoisotopic (exact) mass is 379 g/mol. The van der Waals surface area contributed by atoms with Crippen LogP contribution in [0.15, 0.2) is 41.6 Å². The van der Waals surface area contributed by atoms with Gasteiger partial charge in [-0.05, 0) is 55.2 Å². The molecule has 1 fully saturated rings. The van der Waals surface area contributed by atoms with Crippen molar-refractivity contribution in [1.29, 1.82) is 0 Å². The van der Waals surface area contributed by atoms with Crippen LogP contribution in [0, 0.1) is 0 Å². The average molecular weight is 379 g/mol. The SMILES string of the molecule is CC[S+]([O-])c1cnccc1-c1nc2cc(C(F)(F)F)ccc2n1C1CC1. The van der Waals surface area contributed by atoms with Crippen LogP contribution in [0.2, 0.25) is 0 Å². The smallest absolute Gasteiger partial charge is 0.416 e. The molecule has 1 saturated carbocycles. The Bertz CT molecular complexity index is 966. The van der Waals surface area contributed by atoms with Crippen molar-refractivity contribution in [3.63, 3.8) is 0 Å². The number of benzene rings is 1. The molecule has 1 aliphatic rings. The van der Waals surface area contributed by atoms with Gasteiger partial charge in [-0.25, -0.2) is 4.98 Å². The van der Waals surface area contributed by atoms with Crippen molar-refractivity contribution in [2.75, 3.05) is 5.75 Å². The lowest BCUT2D eigenvalue weighted by Crippen LogP contribution is -2.08. The predicted molar refractivity (Wildman–Crippen MR) is 93.2 cm³/mol. The second-order valence-electron chi connectivity index (χ2n) is 6.24. The molecule has 4 rings (SSSR count). The standard InChI is InChI=1S/C18H16F3N3OS/c1-2-26(25)16-10-22-8-7-13(16)17-23-14-9-11(18(19,20)21)3-6-15(14)24(17)12-4-5-12/h3,6-10,12H,2,4-5H2,1H3. The van der Waals surface area contributed by atoms with Gasteiger partial charge in [0.2, 0.25) is 0 Å². The van der Waals surface area contributed by atoms with Gasteiger partial charge >= 0.3 is 6.18 Å². The Morgan fingerprint density at radius 3 is 2.69 bits per heavy atom. The van der Waals surface area contributed by atoms with E-state index in [0.717, 1.165) is 25.0 Å². The molecule has 1 atom stereocenters. The molecule has 1 aliphatic carbocycles. The zero-order valence-electron chi connectivity index (χ0n) is 14.0. The van der Waals surface area contributed by atoms with Crippen molar-refractivity contribution in [2.24, 2.45) is 0 Å². The highest BCUT2D eigenvalue weighted by Gasteiger charge is 2.34. The topological polar surface area (TPSA) is 53.8 Å². The Morgan fingerprint density at radius 2 is 2.04 bits per heavy atom. The average Bonchev–Trinajstić information content (AvgIpc) is 3.39. The van der Waals surface area contributed by atoms with E-state index in [2.05, 4.69) is 9.97 Å². The van der Waals surface area contributed by atoms with Gasteiger partial charge in [-0.1, -0.05) is 0 Å². The zero-order chi connectivity index (χ0) is 18.5. The fourth-order valence-electron chi connectivity index (χ4n) is 3.07. The number of halogens is 3.